The van der Waals surface area contributed by atoms with Crippen molar-refractivity contribution in [3.63, 3.8) is 0 Å². The van der Waals surface area contributed by atoms with Crippen molar-refractivity contribution in [1.29, 1.82) is 0 Å². The maximum Gasteiger partial charge on any atom is 0.194 e. The number of rotatable bonds is 3. The molecule has 0 aromatic heterocycles. The summed E-state index contributed by atoms with van der Waals surface area (Å²) in [5.74, 6) is 1.75. The minimum Gasteiger partial charge on any atom is -0.379 e. The van der Waals surface area contributed by atoms with Gasteiger partial charge < -0.3 is 19.7 Å². The van der Waals surface area contributed by atoms with Crippen LogP contribution in [0.4, 0.5) is 0 Å². The average molecular weight is 365 g/mol. The van der Waals surface area contributed by atoms with Crippen molar-refractivity contribution in [3.8, 4) is 0 Å². The fourth-order valence-electron chi connectivity index (χ4n) is 5.52. The molecule has 1 N–H and O–H groups in total. The summed E-state index contributed by atoms with van der Waals surface area (Å²) in [5.41, 5.74) is 0.183. The molecule has 1 aliphatic carbocycles. The summed E-state index contributed by atoms with van der Waals surface area (Å²) in [7, 11) is 0. The second-order valence-electron chi connectivity index (χ2n) is 8.88. The predicted octanol–water partition coefficient (Wildman–Crippen LogP) is 1.56. The standard InChI is InChI=1S/C20H36N4O2/c1-4-21-19(22-17-16-6-5-11-26-18(16)20(17,2)3)24-8-7-15(14-24)23-9-12-25-13-10-23/h15-18H,4-14H2,1-3H3,(H,21,22). The highest BCUT2D eigenvalue weighted by molar-refractivity contribution is 5.81. The predicted molar refractivity (Wildman–Crippen MR) is 104 cm³/mol. The van der Waals surface area contributed by atoms with Crippen molar-refractivity contribution in [1.82, 2.24) is 15.1 Å². The molecule has 4 atom stereocenters. The molecule has 0 radical (unpaired) electrons. The molecule has 3 aliphatic heterocycles. The second-order valence-corrected chi connectivity index (χ2v) is 8.88. The number of hydrogen-bond acceptors (Lipinski definition) is 4. The lowest BCUT2D eigenvalue weighted by Crippen LogP contribution is -2.71. The first-order valence-electron chi connectivity index (χ1n) is 10.6. The molecule has 148 valence electrons. The van der Waals surface area contributed by atoms with E-state index >= 15 is 0 Å². The van der Waals surface area contributed by atoms with Gasteiger partial charge in [-0.2, -0.15) is 0 Å². The third-order valence-electron chi connectivity index (χ3n) is 6.95. The number of aliphatic imine (C=N–C) groups is 1. The highest BCUT2D eigenvalue weighted by Crippen LogP contribution is 2.51. The van der Waals surface area contributed by atoms with E-state index in [9.17, 15) is 0 Å². The van der Waals surface area contributed by atoms with Gasteiger partial charge in [0.05, 0.1) is 19.3 Å². The second kappa shape index (κ2) is 7.64. The molecule has 1 saturated carbocycles. The molecule has 0 amide bonds. The SMILES string of the molecule is CCN=C(NC1C2CCCOC2C1(C)C)N1CCC(N2CCOCC2)C1. The van der Waals surface area contributed by atoms with Crippen LogP contribution in [0, 0.1) is 11.3 Å². The van der Waals surface area contributed by atoms with Crippen LogP contribution in [0.15, 0.2) is 4.99 Å². The van der Waals surface area contributed by atoms with Crippen LogP contribution in [0.3, 0.4) is 0 Å². The van der Waals surface area contributed by atoms with Crippen LogP contribution in [0.5, 0.6) is 0 Å². The number of hydrogen-bond donors (Lipinski definition) is 1. The smallest absolute Gasteiger partial charge is 0.194 e. The van der Waals surface area contributed by atoms with E-state index in [1.54, 1.807) is 0 Å². The fraction of sp³-hybridized carbons (Fsp3) is 0.950. The fourth-order valence-corrected chi connectivity index (χ4v) is 5.52. The number of morpholine rings is 1. The largest absolute Gasteiger partial charge is 0.379 e. The Kier molecular flexibility index (Phi) is 5.44. The third-order valence-corrected chi connectivity index (χ3v) is 6.95. The molecule has 0 aromatic rings. The van der Waals surface area contributed by atoms with Gasteiger partial charge >= 0.3 is 0 Å². The molecule has 6 nitrogen and oxygen atoms in total. The van der Waals surface area contributed by atoms with Crippen molar-refractivity contribution in [3.05, 3.63) is 0 Å². The van der Waals surface area contributed by atoms with E-state index in [0.717, 1.165) is 58.5 Å². The van der Waals surface area contributed by atoms with Gasteiger partial charge in [0.25, 0.3) is 0 Å². The zero-order valence-corrected chi connectivity index (χ0v) is 16.7. The molecule has 4 fully saturated rings. The molecule has 6 heteroatoms. The number of nitrogens with zero attached hydrogens (tertiary/aromatic N) is 3. The Morgan fingerprint density at radius 1 is 1.15 bits per heavy atom. The molecule has 0 bridgehead atoms. The van der Waals surface area contributed by atoms with Crippen molar-refractivity contribution in [2.75, 3.05) is 52.5 Å². The van der Waals surface area contributed by atoms with Gasteiger partial charge in [-0.3, -0.25) is 9.89 Å². The number of nitrogens with one attached hydrogen (secondary N) is 1. The van der Waals surface area contributed by atoms with Gasteiger partial charge in [0.1, 0.15) is 0 Å². The molecule has 0 aromatic carbocycles. The maximum atomic E-state index is 6.07. The lowest BCUT2D eigenvalue weighted by molar-refractivity contribution is -0.188. The topological polar surface area (TPSA) is 49.3 Å². The van der Waals surface area contributed by atoms with Crippen molar-refractivity contribution >= 4 is 5.96 Å². The lowest BCUT2D eigenvalue weighted by atomic mass is 9.55. The van der Waals surface area contributed by atoms with Gasteiger partial charge in [-0.05, 0) is 26.2 Å². The van der Waals surface area contributed by atoms with Crippen LogP contribution >= 0.6 is 0 Å². The first-order chi connectivity index (χ1) is 12.6. The highest BCUT2D eigenvalue weighted by atomic mass is 16.5. The van der Waals surface area contributed by atoms with E-state index in [1.807, 2.05) is 0 Å². The zero-order valence-electron chi connectivity index (χ0n) is 16.7. The summed E-state index contributed by atoms with van der Waals surface area (Å²) < 4.78 is 11.6. The number of ether oxygens (including phenoxy) is 2. The summed E-state index contributed by atoms with van der Waals surface area (Å²) >= 11 is 0. The van der Waals surface area contributed by atoms with Gasteiger partial charge in [0.15, 0.2) is 5.96 Å². The molecule has 3 heterocycles. The Hall–Kier alpha value is -0.850. The molecular formula is C20H36N4O2. The Balaban J connectivity index is 1.40. The van der Waals surface area contributed by atoms with Gasteiger partial charge in [-0.1, -0.05) is 13.8 Å². The average Bonchev–Trinajstić information content (AvgIpc) is 3.16. The Morgan fingerprint density at radius 2 is 1.96 bits per heavy atom. The lowest BCUT2D eigenvalue weighted by Gasteiger charge is -2.60. The van der Waals surface area contributed by atoms with Crippen molar-refractivity contribution in [2.24, 2.45) is 16.3 Å². The minimum atomic E-state index is 0.183. The summed E-state index contributed by atoms with van der Waals surface area (Å²) in [6.07, 6.45) is 4.12. The van der Waals surface area contributed by atoms with Crippen LogP contribution in [0.25, 0.3) is 0 Å². The van der Waals surface area contributed by atoms with Crippen molar-refractivity contribution < 1.29 is 9.47 Å². The van der Waals surface area contributed by atoms with Crippen LogP contribution in [-0.4, -0.2) is 86.5 Å². The first kappa shape index (κ1) is 18.5. The number of likely N-dealkylation sites (tertiary alicyclic amines) is 1. The van der Waals surface area contributed by atoms with Crippen LogP contribution in [-0.2, 0) is 9.47 Å². The molecule has 3 saturated heterocycles. The van der Waals surface area contributed by atoms with Crippen LogP contribution in [0.1, 0.15) is 40.0 Å². The van der Waals surface area contributed by atoms with Gasteiger partial charge in [0.2, 0.25) is 0 Å². The summed E-state index contributed by atoms with van der Waals surface area (Å²) in [6, 6.07) is 1.11. The molecule has 4 aliphatic rings. The van der Waals surface area contributed by atoms with Crippen LogP contribution in [0.2, 0.25) is 0 Å². The van der Waals surface area contributed by atoms with Gasteiger partial charge in [-0.15, -0.1) is 0 Å². The molecule has 4 unspecified atom stereocenters. The zero-order chi connectivity index (χ0) is 18.1. The maximum absolute atomic E-state index is 6.07. The Morgan fingerprint density at radius 3 is 2.73 bits per heavy atom. The normalized spacial score (nSPS) is 38.0. The summed E-state index contributed by atoms with van der Waals surface area (Å²) in [4.78, 5) is 9.94. The van der Waals surface area contributed by atoms with Gasteiger partial charge in [-0.25, -0.2) is 0 Å². The number of guanidine groups is 1. The third kappa shape index (κ3) is 3.36. The van der Waals surface area contributed by atoms with E-state index in [-0.39, 0.29) is 5.41 Å². The quantitative estimate of drug-likeness (QED) is 0.608. The van der Waals surface area contributed by atoms with E-state index in [1.165, 1.54) is 19.3 Å². The molecule has 4 rings (SSSR count). The minimum absolute atomic E-state index is 0.183. The Labute approximate surface area is 158 Å². The first-order valence-corrected chi connectivity index (χ1v) is 10.6. The van der Waals surface area contributed by atoms with Gasteiger partial charge in [0, 0.05) is 62.7 Å². The Bertz CT molecular complexity index is 518. The highest BCUT2D eigenvalue weighted by Gasteiger charge is 2.58. The molecular weight excluding hydrogens is 328 g/mol. The molecule has 0 spiro atoms. The van der Waals surface area contributed by atoms with Crippen LogP contribution < -0.4 is 5.32 Å². The van der Waals surface area contributed by atoms with E-state index in [2.05, 4.69) is 35.9 Å². The summed E-state index contributed by atoms with van der Waals surface area (Å²) in [6.45, 7) is 14.7. The number of fused-ring (bicyclic) bond motifs is 1. The van der Waals surface area contributed by atoms with E-state index in [4.69, 9.17) is 14.5 Å². The monoisotopic (exact) mass is 364 g/mol. The van der Waals surface area contributed by atoms with E-state index < -0.39 is 0 Å². The van der Waals surface area contributed by atoms with Crippen molar-refractivity contribution in [2.45, 2.75) is 58.2 Å². The molecule has 26 heavy (non-hydrogen) atoms. The van der Waals surface area contributed by atoms with E-state index in [0.29, 0.717) is 24.1 Å². The summed E-state index contributed by atoms with van der Waals surface area (Å²) in [5, 5.41) is 3.86.